The van der Waals surface area contributed by atoms with Gasteiger partial charge in [0.2, 0.25) is 0 Å². The van der Waals surface area contributed by atoms with E-state index in [2.05, 4.69) is 6.07 Å². The smallest absolute Gasteiger partial charge is 0.283 e. The predicted octanol–water partition coefficient (Wildman–Crippen LogP) is 5.86. The molecule has 4 aromatic rings. The Hall–Kier alpha value is -2.10. The lowest BCUT2D eigenvalue weighted by Crippen LogP contribution is -2.25. The number of thioether (sulfide) groups is 1. The van der Waals surface area contributed by atoms with Gasteiger partial charge in [-0.25, -0.2) is 4.98 Å². The van der Waals surface area contributed by atoms with Crippen molar-refractivity contribution in [3.8, 4) is 0 Å². The quantitative estimate of drug-likeness (QED) is 0.386. The number of fused-ring (bicyclic) bond motifs is 4. The van der Waals surface area contributed by atoms with Crippen molar-refractivity contribution >= 4 is 77.6 Å². The highest BCUT2D eigenvalue weighted by Crippen LogP contribution is 2.48. The lowest BCUT2D eigenvalue weighted by atomic mass is 10.1. The van der Waals surface area contributed by atoms with Crippen molar-refractivity contribution in [2.75, 3.05) is 10.8 Å². The number of nitrogens with zero attached hydrogens (tertiary/aromatic N) is 2. The first-order chi connectivity index (χ1) is 13.9. The van der Waals surface area contributed by atoms with Crippen LogP contribution in [0.25, 0.3) is 27.1 Å². The van der Waals surface area contributed by atoms with Crippen LogP contribution in [0.2, 0.25) is 5.02 Å². The molecule has 1 aliphatic rings. The van der Waals surface area contributed by atoms with Crippen molar-refractivity contribution in [3.05, 3.63) is 69.7 Å². The molecule has 0 aliphatic carbocycles. The summed E-state index contributed by atoms with van der Waals surface area (Å²) in [6, 6.07) is 17.5. The molecule has 1 aliphatic heterocycles. The zero-order valence-electron chi connectivity index (χ0n) is 14.7. The molecule has 0 saturated heterocycles. The average molecular weight is 461 g/mol. The maximum atomic E-state index is 11.6. The van der Waals surface area contributed by atoms with E-state index >= 15 is 0 Å². The zero-order valence-corrected chi connectivity index (χ0v) is 17.9. The van der Waals surface area contributed by atoms with E-state index in [1.54, 1.807) is 17.0 Å². The SMILES string of the molecule is O=S(=O)(O)CN1/C(=C/c2nc3c(ccc4ccccc43)s2)Sc2ccc(Cl)cc21. The number of aromatic nitrogens is 1. The minimum atomic E-state index is -4.23. The molecule has 29 heavy (non-hydrogen) atoms. The van der Waals surface area contributed by atoms with Crippen molar-refractivity contribution in [2.45, 2.75) is 4.90 Å². The first-order valence-electron chi connectivity index (χ1n) is 8.57. The molecule has 0 radical (unpaired) electrons. The zero-order chi connectivity index (χ0) is 20.2. The van der Waals surface area contributed by atoms with Crippen molar-refractivity contribution in [2.24, 2.45) is 0 Å². The number of hydrogen-bond donors (Lipinski definition) is 1. The second-order valence-corrected chi connectivity index (χ2v) is 10.5. The van der Waals surface area contributed by atoms with Gasteiger partial charge in [0.25, 0.3) is 10.1 Å². The first-order valence-corrected chi connectivity index (χ1v) is 12.2. The van der Waals surface area contributed by atoms with Gasteiger partial charge in [-0.15, -0.1) is 11.3 Å². The summed E-state index contributed by atoms with van der Waals surface area (Å²) in [4.78, 5) is 7.20. The van der Waals surface area contributed by atoms with Crippen LogP contribution in [0.4, 0.5) is 5.69 Å². The molecular weight excluding hydrogens is 448 g/mol. The molecule has 0 fully saturated rings. The van der Waals surface area contributed by atoms with E-state index in [9.17, 15) is 13.0 Å². The van der Waals surface area contributed by atoms with Crippen molar-refractivity contribution in [1.29, 1.82) is 0 Å². The lowest BCUT2D eigenvalue weighted by Gasteiger charge is -2.18. The second-order valence-electron chi connectivity index (χ2n) is 6.52. The van der Waals surface area contributed by atoms with Gasteiger partial charge >= 0.3 is 0 Å². The van der Waals surface area contributed by atoms with Crippen LogP contribution >= 0.6 is 34.7 Å². The number of halogens is 1. The predicted molar refractivity (Wildman–Crippen MR) is 121 cm³/mol. The molecular formula is C20H13ClN2O3S3. The van der Waals surface area contributed by atoms with Gasteiger partial charge in [0.15, 0.2) is 5.88 Å². The Bertz CT molecular complexity index is 1410. The highest BCUT2D eigenvalue weighted by atomic mass is 35.5. The highest BCUT2D eigenvalue weighted by molar-refractivity contribution is 8.04. The summed E-state index contributed by atoms with van der Waals surface area (Å²) in [7, 11) is -4.23. The van der Waals surface area contributed by atoms with Gasteiger partial charge < -0.3 is 4.90 Å². The molecule has 3 aromatic carbocycles. The summed E-state index contributed by atoms with van der Waals surface area (Å²) in [6.07, 6.45) is 1.85. The Morgan fingerprint density at radius 2 is 1.97 bits per heavy atom. The summed E-state index contributed by atoms with van der Waals surface area (Å²) in [5, 5.41) is 4.13. The number of thiazole rings is 1. The minimum Gasteiger partial charge on any atom is -0.317 e. The van der Waals surface area contributed by atoms with Gasteiger partial charge in [0.05, 0.1) is 20.9 Å². The number of hydrogen-bond acceptors (Lipinski definition) is 6. The van der Waals surface area contributed by atoms with E-state index in [4.69, 9.17) is 16.6 Å². The Balaban J connectivity index is 1.63. The maximum absolute atomic E-state index is 11.6. The van der Waals surface area contributed by atoms with Crippen LogP contribution in [0.3, 0.4) is 0 Å². The number of anilines is 1. The van der Waals surface area contributed by atoms with E-state index in [-0.39, 0.29) is 0 Å². The van der Waals surface area contributed by atoms with Gasteiger partial charge in [-0.3, -0.25) is 4.55 Å². The van der Waals surface area contributed by atoms with E-state index in [1.807, 2.05) is 42.5 Å². The highest BCUT2D eigenvalue weighted by Gasteiger charge is 2.29. The van der Waals surface area contributed by atoms with E-state index in [0.717, 1.165) is 30.9 Å². The third-order valence-corrected chi connectivity index (χ3v) is 7.43. The molecule has 1 N–H and O–H groups in total. The van der Waals surface area contributed by atoms with Crippen LogP contribution in [-0.4, -0.2) is 23.8 Å². The van der Waals surface area contributed by atoms with E-state index in [1.165, 1.54) is 23.1 Å². The maximum Gasteiger partial charge on any atom is 0.283 e. The Morgan fingerprint density at radius 1 is 1.14 bits per heavy atom. The molecule has 0 amide bonds. The molecule has 0 unspecified atom stereocenters. The molecule has 1 aromatic heterocycles. The number of benzene rings is 3. The molecule has 0 bridgehead atoms. The summed E-state index contributed by atoms with van der Waals surface area (Å²) in [5.74, 6) is -0.549. The summed E-state index contributed by atoms with van der Waals surface area (Å²) in [6.45, 7) is 0. The van der Waals surface area contributed by atoms with Gasteiger partial charge in [-0.05, 0) is 29.7 Å². The van der Waals surface area contributed by atoms with E-state index in [0.29, 0.717) is 15.7 Å². The molecule has 5 rings (SSSR count). The third-order valence-electron chi connectivity index (χ3n) is 4.53. The van der Waals surface area contributed by atoms with Crippen LogP contribution in [0.5, 0.6) is 0 Å². The molecule has 0 spiro atoms. The van der Waals surface area contributed by atoms with Gasteiger partial charge in [0, 0.05) is 21.4 Å². The summed E-state index contributed by atoms with van der Waals surface area (Å²) >= 11 is 9.06. The number of rotatable bonds is 3. The van der Waals surface area contributed by atoms with Crippen LogP contribution < -0.4 is 4.90 Å². The molecule has 2 heterocycles. The van der Waals surface area contributed by atoms with Crippen molar-refractivity contribution in [1.82, 2.24) is 4.98 Å². The molecule has 0 saturated carbocycles. The Morgan fingerprint density at radius 3 is 2.79 bits per heavy atom. The minimum absolute atomic E-state index is 0.498. The van der Waals surface area contributed by atoms with Crippen molar-refractivity contribution < 1.29 is 13.0 Å². The van der Waals surface area contributed by atoms with Crippen LogP contribution in [0.15, 0.2) is 64.5 Å². The normalized spacial score (nSPS) is 15.5. The van der Waals surface area contributed by atoms with Crippen molar-refractivity contribution in [3.63, 3.8) is 0 Å². The van der Waals surface area contributed by atoms with Crippen LogP contribution in [-0.2, 0) is 10.1 Å². The monoisotopic (exact) mass is 460 g/mol. The topological polar surface area (TPSA) is 70.5 Å². The Kier molecular flexibility index (Phi) is 4.56. The summed E-state index contributed by atoms with van der Waals surface area (Å²) < 4.78 is 33.7. The summed E-state index contributed by atoms with van der Waals surface area (Å²) in [5.41, 5.74) is 1.57. The standard InChI is InChI=1S/C20H13ClN2O3S3/c21-13-6-8-16-15(9-13)23(11-29(24,25)26)19(28-16)10-18-22-20-14-4-2-1-3-12(14)5-7-17(20)27-18/h1-10H,11H2,(H,24,25,26)/b19-10-. The molecule has 146 valence electrons. The Labute approximate surface area is 180 Å². The van der Waals surface area contributed by atoms with Gasteiger partial charge in [0.1, 0.15) is 5.01 Å². The molecule has 5 nitrogen and oxygen atoms in total. The fraction of sp³-hybridized carbons (Fsp3) is 0.0500. The molecule has 0 atom stereocenters. The average Bonchev–Trinajstić information content (AvgIpc) is 3.22. The lowest BCUT2D eigenvalue weighted by molar-refractivity contribution is 0.483. The van der Waals surface area contributed by atoms with Gasteiger partial charge in [-0.2, -0.15) is 8.42 Å². The largest absolute Gasteiger partial charge is 0.317 e. The molecule has 9 heteroatoms. The fourth-order valence-corrected chi connectivity index (χ4v) is 6.25. The van der Waals surface area contributed by atoms with Gasteiger partial charge in [-0.1, -0.05) is 53.7 Å². The van der Waals surface area contributed by atoms with Crippen LogP contribution in [0, 0.1) is 0 Å². The van der Waals surface area contributed by atoms with Crippen LogP contribution in [0.1, 0.15) is 5.01 Å². The second kappa shape index (κ2) is 7.00. The van der Waals surface area contributed by atoms with E-state index < -0.39 is 16.0 Å². The first kappa shape index (κ1) is 18.9. The fourth-order valence-electron chi connectivity index (χ4n) is 3.32. The third kappa shape index (κ3) is 3.62.